The first-order valence-electron chi connectivity index (χ1n) is 3.46. The Morgan fingerprint density at radius 3 is 2.75 bits per heavy atom. The second kappa shape index (κ2) is 4.01. The molecule has 12 heavy (non-hydrogen) atoms. The molecule has 0 radical (unpaired) electrons. The lowest BCUT2D eigenvalue weighted by Gasteiger charge is -2.07. The molecule has 0 unspecified atom stereocenters. The van der Waals surface area contributed by atoms with Crippen LogP contribution in [0.15, 0.2) is 16.6 Å². The highest BCUT2D eigenvalue weighted by molar-refractivity contribution is 9.10. The topological polar surface area (TPSA) is 29.5 Å². The van der Waals surface area contributed by atoms with Crippen LogP contribution in [0.1, 0.15) is 6.92 Å². The maximum absolute atomic E-state index is 9.36. The van der Waals surface area contributed by atoms with Gasteiger partial charge in [0.1, 0.15) is 0 Å². The fourth-order valence-corrected chi connectivity index (χ4v) is 1.74. The molecule has 1 aromatic carbocycles. The lowest BCUT2D eigenvalue weighted by atomic mass is 10.3. The zero-order valence-corrected chi connectivity index (χ0v) is 8.82. The molecular weight excluding hydrogens is 243 g/mol. The van der Waals surface area contributed by atoms with E-state index in [-0.39, 0.29) is 5.75 Å². The van der Waals surface area contributed by atoms with E-state index in [1.54, 1.807) is 6.07 Å². The van der Waals surface area contributed by atoms with Crippen molar-refractivity contribution in [1.82, 2.24) is 0 Å². The molecule has 4 heteroatoms. The molecule has 1 N–H and O–H groups in total. The second-order valence-electron chi connectivity index (χ2n) is 2.17. The summed E-state index contributed by atoms with van der Waals surface area (Å²) in [6.45, 7) is 2.36. The Labute approximate surface area is 84.2 Å². The van der Waals surface area contributed by atoms with Crippen LogP contribution in [0, 0.1) is 0 Å². The maximum atomic E-state index is 9.36. The molecule has 1 rings (SSSR count). The minimum atomic E-state index is 0.0521. The Morgan fingerprint density at radius 2 is 2.25 bits per heavy atom. The van der Waals surface area contributed by atoms with Crippen LogP contribution in [0.4, 0.5) is 0 Å². The minimum Gasteiger partial charge on any atom is -0.504 e. The Kier molecular flexibility index (Phi) is 3.23. The summed E-state index contributed by atoms with van der Waals surface area (Å²) < 4.78 is 5.83. The first-order chi connectivity index (χ1) is 5.65. The normalized spacial score (nSPS) is 9.92. The first kappa shape index (κ1) is 9.68. The van der Waals surface area contributed by atoms with Crippen LogP contribution in [0.3, 0.4) is 0 Å². The van der Waals surface area contributed by atoms with E-state index in [4.69, 9.17) is 16.3 Å². The Hall–Kier alpha value is -0.410. The average Bonchev–Trinajstić information content (AvgIpc) is 1.96. The molecule has 0 aliphatic rings. The monoisotopic (exact) mass is 250 g/mol. The fourth-order valence-electron chi connectivity index (χ4n) is 0.834. The molecule has 0 aromatic heterocycles. The third-order valence-electron chi connectivity index (χ3n) is 1.28. The van der Waals surface area contributed by atoms with Gasteiger partial charge in [0.2, 0.25) is 0 Å². The molecule has 2 nitrogen and oxygen atoms in total. The summed E-state index contributed by atoms with van der Waals surface area (Å²) in [4.78, 5) is 0. The lowest BCUT2D eigenvalue weighted by molar-refractivity contribution is 0.316. The zero-order valence-electron chi connectivity index (χ0n) is 6.47. The molecule has 0 saturated carbocycles. The second-order valence-corrected chi connectivity index (χ2v) is 3.46. The van der Waals surface area contributed by atoms with E-state index in [1.807, 2.05) is 6.92 Å². The highest BCUT2D eigenvalue weighted by Crippen LogP contribution is 2.37. The number of ether oxygens (including phenoxy) is 1. The number of hydrogen-bond donors (Lipinski definition) is 1. The molecular formula is C8H8BrClO2. The summed E-state index contributed by atoms with van der Waals surface area (Å²) in [5.41, 5.74) is 0. The van der Waals surface area contributed by atoms with Crippen molar-refractivity contribution in [2.75, 3.05) is 6.61 Å². The van der Waals surface area contributed by atoms with E-state index in [9.17, 15) is 5.11 Å². The van der Waals surface area contributed by atoms with Gasteiger partial charge in [-0.15, -0.1) is 0 Å². The Bertz CT molecular complexity index is 265. The minimum absolute atomic E-state index is 0.0521. The van der Waals surface area contributed by atoms with Crippen molar-refractivity contribution in [3.05, 3.63) is 21.6 Å². The average molecular weight is 252 g/mol. The standard InChI is InChI=1S/C8H8BrClO2/c1-2-12-8-6(9)3-5(10)4-7(8)11/h3-4,11H,2H2,1H3. The number of rotatable bonds is 2. The molecule has 0 atom stereocenters. The van der Waals surface area contributed by atoms with Crippen LogP contribution in [0.2, 0.25) is 5.02 Å². The van der Waals surface area contributed by atoms with Crippen molar-refractivity contribution in [3.63, 3.8) is 0 Å². The van der Waals surface area contributed by atoms with Gasteiger partial charge in [0.25, 0.3) is 0 Å². The van der Waals surface area contributed by atoms with E-state index in [0.29, 0.717) is 21.9 Å². The largest absolute Gasteiger partial charge is 0.504 e. The molecule has 0 amide bonds. The van der Waals surface area contributed by atoms with E-state index in [2.05, 4.69) is 15.9 Å². The third-order valence-corrected chi connectivity index (χ3v) is 2.08. The van der Waals surface area contributed by atoms with Crippen molar-refractivity contribution in [2.45, 2.75) is 6.92 Å². The van der Waals surface area contributed by atoms with E-state index in [1.165, 1.54) is 6.07 Å². The van der Waals surface area contributed by atoms with Crippen molar-refractivity contribution >= 4 is 27.5 Å². The number of benzene rings is 1. The van der Waals surface area contributed by atoms with Gasteiger partial charge in [-0.3, -0.25) is 0 Å². The van der Waals surface area contributed by atoms with Gasteiger partial charge in [0.05, 0.1) is 11.1 Å². The van der Waals surface area contributed by atoms with Crippen LogP contribution >= 0.6 is 27.5 Å². The summed E-state index contributed by atoms with van der Waals surface area (Å²) in [6.07, 6.45) is 0. The Morgan fingerprint density at radius 1 is 1.58 bits per heavy atom. The SMILES string of the molecule is CCOc1c(O)cc(Cl)cc1Br. The molecule has 66 valence electrons. The van der Waals surface area contributed by atoms with Gasteiger partial charge in [-0.2, -0.15) is 0 Å². The summed E-state index contributed by atoms with van der Waals surface area (Å²) >= 11 is 8.91. The smallest absolute Gasteiger partial charge is 0.175 e. The van der Waals surface area contributed by atoms with Crippen molar-refractivity contribution < 1.29 is 9.84 Å². The van der Waals surface area contributed by atoms with E-state index < -0.39 is 0 Å². The van der Waals surface area contributed by atoms with Gasteiger partial charge in [-0.05, 0) is 28.9 Å². The van der Waals surface area contributed by atoms with E-state index in [0.717, 1.165) is 0 Å². The lowest BCUT2D eigenvalue weighted by Crippen LogP contribution is -1.92. The van der Waals surface area contributed by atoms with Crippen LogP contribution in [-0.2, 0) is 0 Å². The summed E-state index contributed by atoms with van der Waals surface area (Å²) in [6, 6.07) is 3.11. The molecule has 0 heterocycles. The van der Waals surface area contributed by atoms with Crippen molar-refractivity contribution in [2.24, 2.45) is 0 Å². The van der Waals surface area contributed by atoms with Crippen LogP contribution in [0.5, 0.6) is 11.5 Å². The van der Waals surface area contributed by atoms with Crippen molar-refractivity contribution in [1.29, 1.82) is 0 Å². The first-order valence-corrected chi connectivity index (χ1v) is 4.63. The molecule has 0 spiro atoms. The Balaban J connectivity index is 3.10. The van der Waals surface area contributed by atoms with E-state index >= 15 is 0 Å². The molecule has 0 bridgehead atoms. The predicted molar refractivity (Wildman–Crippen MR) is 52.0 cm³/mol. The van der Waals surface area contributed by atoms with Gasteiger partial charge in [0, 0.05) is 11.1 Å². The van der Waals surface area contributed by atoms with Gasteiger partial charge in [-0.1, -0.05) is 11.6 Å². The highest BCUT2D eigenvalue weighted by Gasteiger charge is 2.07. The van der Waals surface area contributed by atoms with Crippen LogP contribution in [-0.4, -0.2) is 11.7 Å². The molecule has 0 fully saturated rings. The molecule has 1 aromatic rings. The van der Waals surface area contributed by atoms with Gasteiger partial charge in [0.15, 0.2) is 11.5 Å². The number of phenolic OH excluding ortho intramolecular Hbond substituents is 1. The molecule has 0 aliphatic carbocycles. The third kappa shape index (κ3) is 2.05. The van der Waals surface area contributed by atoms with Gasteiger partial charge < -0.3 is 9.84 Å². The summed E-state index contributed by atoms with van der Waals surface area (Å²) in [5, 5.41) is 9.84. The predicted octanol–water partition coefficient (Wildman–Crippen LogP) is 3.21. The van der Waals surface area contributed by atoms with Crippen LogP contribution < -0.4 is 4.74 Å². The quantitative estimate of drug-likeness (QED) is 0.874. The number of aromatic hydroxyl groups is 1. The zero-order chi connectivity index (χ0) is 9.14. The summed E-state index contributed by atoms with van der Waals surface area (Å²) in [5.74, 6) is 0.484. The van der Waals surface area contributed by atoms with Gasteiger partial charge >= 0.3 is 0 Å². The number of hydrogen-bond acceptors (Lipinski definition) is 2. The summed E-state index contributed by atoms with van der Waals surface area (Å²) in [7, 11) is 0. The maximum Gasteiger partial charge on any atom is 0.175 e. The van der Waals surface area contributed by atoms with Gasteiger partial charge in [-0.25, -0.2) is 0 Å². The molecule has 0 saturated heterocycles. The highest BCUT2D eigenvalue weighted by atomic mass is 79.9. The number of phenols is 1. The van der Waals surface area contributed by atoms with Crippen molar-refractivity contribution in [3.8, 4) is 11.5 Å². The fraction of sp³-hybridized carbons (Fsp3) is 0.250. The number of halogens is 2. The molecule has 0 aliphatic heterocycles. The van der Waals surface area contributed by atoms with Crippen LogP contribution in [0.25, 0.3) is 0 Å².